The summed E-state index contributed by atoms with van der Waals surface area (Å²) in [4.78, 5) is 13.8. The highest BCUT2D eigenvalue weighted by molar-refractivity contribution is 9.10. The van der Waals surface area contributed by atoms with Gasteiger partial charge in [-0.2, -0.15) is 0 Å². The van der Waals surface area contributed by atoms with Gasteiger partial charge in [-0.15, -0.1) is 0 Å². The van der Waals surface area contributed by atoms with Gasteiger partial charge in [-0.25, -0.2) is 8.42 Å². The SMILES string of the molecule is CC(Oc1ccccc1Br)C(=O)N(C)C1CCS(=O)(=O)C1. The van der Waals surface area contributed by atoms with E-state index in [9.17, 15) is 13.2 Å². The summed E-state index contributed by atoms with van der Waals surface area (Å²) < 4.78 is 29.4. The van der Waals surface area contributed by atoms with E-state index in [0.717, 1.165) is 4.47 Å². The molecule has 2 rings (SSSR count). The van der Waals surface area contributed by atoms with Gasteiger partial charge >= 0.3 is 0 Å². The fourth-order valence-electron chi connectivity index (χ4n) is 2.33. The second-order valence-electron chi connectivity index (χ2n) is 5.20. The Morgan fingerprint density at radius 3 is 2.67 bits per heavy atom. The van der Waals surface area contributed by atoms with Crippen LogP contribution in [0.1, 0.15) is 13.3 Å². The first-order chi connectivity index (χ1) is 9.80. The second kappa shape index (κ2) is 6.36. The minimum Gasteiger partial charge on any atom is -0.480 e. The molecule has 0 aliphatic carbocycles. The van der Waals surface area contributed by atoms with Crippen LogP contribution in [0.5, 0.6) is 5.75 Å². The largest absolute Gasteiger partial charge is 0.480 e. The van der Waals surface area contributed by atoms with Crippen LogP contribution < -0.4 is 4.74 Å². The number of carbonyl (C=O) groups excluding carboxylic acids is 1. The molecule has 21 heavy (non-hydrogen) atoms. The summed E-state index contributed by atoms with van der Waals surface area (Å²) in [5.41, 5.74) is 0. The summed E-state index contributed by atoms with van der Waals surface area (Å²) in [5.74, 6) is 0.560. The molecule has 1 amide bonds. The highest BCUT2D eigenvalue weighted by Gasteiger charge is 2.34. The molecule has 0 radical (unpaired) electrons. The molecule has 2 unspecified atom stereocenters. The summed E-state index contributed by atoms with van der Waals surface area (Å²) in [7, 11) is -1.37. The molecule has 1 fully saturated rings. The fraction of sp³-hybridized carbons (Fsp3) is 0.500. The quantitative estimate of drug-likeness (QED) is 0.805. The third-order valence-electron chi connectivity index (χ3n) is 3.59. The van der Waals surface area contributed by atoms with Crippen LogP contribution in [0.2, 0.25) is 0 Å². The van der Waals surface area contributed by atoms with Crippen LogP contribution in [0.15, 0.2) is 28.7 Å². The van der Waals surface area contributed by atoms with Crippen LogP contribution in [0, 0.1) is 0 Å². The van der Waals surface area contributed by atoms with Crippen LogP contribution in [0.25, 0.3) is 0 Å². The molecular weight excluding hydrogens is 358 g/mol. The first kappa shape index (κ1) is 16.3. The predicted molar refractivity (Wildman–Crippen MR) is 84.1 cm³/mol. The van der Waals surface area contributed by atoms with Crippen molar-refractivity contribution in [3.63, 3.8) is 0 Å². The van der Waals surface area contributed by atoms with Gasteiger partial charge in [0.05, 0.1) is 16.0 Å². The van der Waals surface area contributed by atoms with Gasteiger partial charge in [0.1, 0.15) is 5.75 Å². The van der Waals surface area contributed by atoms with Gasteiger partial charge in [-0.3, -0.25) is 4.79 Å². The Morgan fingerprint density at radius 1 is 1.43 bits per heavy atom. The summed E-state index contributed by atoms with van der Waals surface area (Å²) >= 11 is 3.36. The number of likely N-dealkylation sites (N-methyl/N-ethyl adjacent to an activating group) is 1. The first-order valence-electron chi connectivity index (χ1n) is 6.68. The maximum atomic E-state index is 12.3. The fourth-order valence-corrected chi connectivity index (χ4v) is 4.48. The lowest BCUT2D eigenvalue weighted by molar-refractivity contribution is -0.138. The summed E-state index contributed by atoms with van der Waals surface area (Å²) in [6.07, 6.45) is -0.177. The summed E-state index contributed by atoms with van der Waals surface area (Å²) in [5, 5.41) is 0. The van der Waals surface area contributed by atoms with E-state index in [1.807, 2.05) is 18.2 Å². The highest BCUT2D eigenvalue weighted by atomic mass is 79.9. The number of ether oxygens (including phenoxy) is 1. The summed E-state index contributed by atoms with van der Waals surface area (Å²) in [6.45, 7) is 1.67. The molecule has 1 aromatic carbocycles. The van der Waals surface area contributed by atoms with Crippen molar-refractivity contribution in [1.29, 1.82) is 0 Å². The van der Waals surface area contributed by atoms with Crippen molar-refractivity contribution in [2.24, 2.45) is 0 Å². The summed E-state index contributed by atoms with van der Waals surface area (Å²) in [6, 6.07) is 7.03. The van der Waals surface area contributed by atoms with Gasteiger partial charge in [0.2, 0.25) is 0 Å². The molecule has 0 saturated carbocycles. The van der Waals surface area contributed by atoms with Gasteiger partial charge in [0.15, 0.2) is 15.9 Å². The van der Waals surface area contributed by atoms with Gasteiger partial charge in [-0.1, -0.05) is 12.1 Å². The predicted octanol–water partition coefficient (Wildman–Crippen LogP) is 1.86. The second-order valence-corrected chi connectivity index (χ2v) is 8.28. The number of amides is 1. The Kier molecular flexibility index (Phi) is 4.93. The van der Waals surface area contributed by atoms with E-state index in [-0.39, 0.29) is 23.5 Å². The van der Waals surface area contributed by atoms with E-state index < -0.39 is 15.9 Å². The van der Waals surface area contributed by atoms with Crippen molar-refractivity contribution in [3.05, 3.63) is 28.7 Å². The minimum absolute atomic E-state index is 0.0387. The number of hydrogen-bond acceptors (Lipinski definition) is 4. The van der Waals surface area contributed by atoms with Gasteiger partial charge in [-0.05, 0) is 41.4 Å². The lowest BCUT2D eigenvalue weighted by Gasteiger charge is -2.27. The van der Waals surface area contributed by atoms with Crippen LogP contribution in [-0.4, -0.2) is 49.9 Å². The third-order valence-corrected chi connectivity index (χ3v) is 6.00. The zero-order valence-corrected chi connectivity index (χ0v) is 14.4. The van der Waals surface area contributed by atoms with Crippen molar-refractivity contribution in [2.45, 2.75) is 25.5 Å². The maximum absolute atomic E-state index is 12.3. The number of carbonyl (C=O) groups is 1. The monoisotopic (exact) mass is 375 g/mol. The van der Waals surface area contributed by atoms with Crippen LogP contribution in [-0.2, 0) is 14.6 Å². The van der Waals surface area contributed by atoms with Crippen molar-refractivity contribution in [2.75, 3.05) is 18.6 Å². The number of halogens is 1. The van der Waals surface area contributed by atoms with E-state index in [2.05, 4.69) is 15.9 Å². The van der Waals surface area contributed by atoms with E-state index in [4.69, 9.17) is 4.74 Å². The molecule has 5 nitrogen and oxygen atoms in total. The molecule has 0 spiro atoms. The zero-order valence-electron chi connectivity index (χ0n) is 12.0. The molecule has 7 heteroatoms. The molecule has 116 valence electrons. The number of nitrogens with zero attached hydrogens (tertiary/aromatic N) is 1. The van der Waals surface area contributed by atoms with Crippen molar-refractivity contribution in [3.8, 4) is 5.75 Å². The molecule has 0 N–H and O–H groups in total. The zero-order chi connectivity index (χ0) is 15.6. The average Bonchev–Trinajstić information content (AvgIpc) is 2.80. The van der Waals surface area contributed by atoms with E-state index >= 15 is 0 Å². The Morgan fingerprint density at radius 2 is 2.10 bits per heavy atom. The number of rotatable bonds is 4. The number of para-hydroxylation sites is 1. The Hall–Kier alpha value is -1.08. The third kappa shape index (κ3) is 3.97. The Bertz CT molecular complexity index is 632. The number of sulfone groups is 1. The minimum atomic E-state index is -3.01. The standard InChI is InChI=1S/C14H18BrNO4S/c1-10(20-13-6-4-3-5-12(13)15)14(17)16(2)11-7-8-21(18,19)9-11/h3-6,10-11H,7-9H2,1-2H3. The van der Waals surface area contributed by atoms with Crippen LogP contribution in [0.3, 0.4) is 0 Å². The normalized spacial score (nSPS) is 21.8. The van der Waals surface area contributed by atoms with Crippen molar-refractivity contribution >= 4 is 31.7 Å². The highest BCUT2D eigenvalue weighted by Crippen LogP contribution is 2.25. The topological polar surface area (TPSA) is 63.7 Å². The number of hydrogen-bond donors (Lipinski definition) is 0. The van der Waals surface area contributed by atoms with Gasteiger partial charge < -0.3 is 9.64 Å². The van der Waals surface area contributed by atoms with E-state index in [1.54, 1.807) is 20.0 Å². The smallest absolute Gasteiger partial charge is 0.263 e. The molecular formula is C14H18BrNO4S. The van der Waals surface area contributed by atoms with Gasteiger partial charge in [0.25, 0.3) is 5.91 Å². The van der Waals surface area contributed by atoms with Gasteiger partial charge in [0, 0.05) is 13.1 Å². The molecule has 0 aromatic heterocycles. The average molecular weight is 376 g/mol. The molecule has 1 saturated heterocycles. The molecule has 1 aliphatic heterocycles. The lowest BCUT2D eigenvalue weighted by atomic mass is 10.2. The molecule has 1 heterocycles. The van der Waals surface area contributed by atoms with E-state index in [0.29, 0.717) is 12.2 Å². The number of benzene rings is 1. The Balaban J connectivity index is 2.01. The molecule has 1 aliphatic rings. The Labute approximate surface area is 133 Å². The first-order valence-corrected chi connectivity index (χ1v) is 9.30. The van der Waals surface area contributed by atoms with Crippen LogP contribution >= 0.6 is 15.9 Å². The molecule has 2 atom stereocenters. The maximum Gasteiger partial charge on any atom is 0.263 e. The van der Waals surface area contributed by atoms with Crippen molar-refractivity contribution < 1.29 is 17.9 Å². The lowest BCUT2D eigenvalue weighted by Crippen LogP contribution is -2.44. The molecule has 0 bridgehead atoms. The van der Waals surface area contributed by atoms with Crippen LogP contribution in [0.4, 0.5) is 0 Å². The molecule has 1 aromatic rings. The van der Waals surface area contributed by atoms with Crippen molar-refractivity contribution in [1.82, 2.24) is 4.90 Å². The van der Waals surface area contributed by atoms with E-state index in [1.165, 1.54) is 4.90 Å².